The van der Waals surface area contributed by atoms with Crippen molar-refractivity contribution in [2.45, 2.75) is 30.8 Å². The maximum atomic E-state index is 14.7. The summed E-state index contributed by atoms with van der Waals surface area (Å²) in [4.78, 5) is 25.2. The maximum Gasteiger partial charge on any atom is 0.239 e. The second-order valence-electron chi connectivity index (χ2n) is 10.6. The number of hydrogen-bond acceptors (Lipinski definition) is 7. The van der Waals surface area contributed by atoms with Gasteiger partial charge in [-0.3, -0.25) is 9.69 Å². The first-order chi connectivity index (χ1) is 17.6. The summed E-state index contributed by atoms with van der Waals surface area (Å²) in [5.41, 5.74) is 3.17. The first kappa shape index (κ1) is 26.0. The van der Waals surface area contributed by atoms with Crippen LogP contribution in [0.2, 0.25) is 0 Å². The Balaban J connectivity index is 1.25. The molecule has 2 saturated heterocycles. The number of amides is 1. The molecule has 2 aromatic rings. The number of nitrogens with two attached hydrogens (primary N) is 1. The van der Waals surface area contributed by atoms with Gasteiger partial charge < -0.3 is 14.7 Å². The summed E-state index contributed by atoms with van der Waals surface area (Å²) in [7, 11) is 0.369. The van der Waals surface area contributed by atoms with Gasteiger partial charge in [0.2, 0.25) is 15.9 Å². The minimum absolute atomic E-state index is 0.0951. The molecule has 37 heavy (non-hydrogen) atoms. The number of pyridine rings is 1. The predicted molar refractivity (Wildman–Crippen MR) is 140 cm³/mol. The molecular formula is C26H35FN6O3S. The Bertz CT molecular complexity index is 1250. The summed E-state index contributed by atoms with van der Waals surface area (Å²) in [5.74, 6) is -0.117. The SMILES string of the molecule is CN(C)[C@@H]1CN(C2CCc3cccc(F)c32)C[C@H]1c1ccc(N2CCN(C(=O)CS(N)(=O)=O)CC2)nc1. The molecule has 1 aliphatic carbocycles. The highest BCUT2D eigenvalue weighted by Crippen LogP contribution is 2.42. The molecule has 0 radical (unpaired) electrons. The van der Waals surface area contributed by atoms with E-state index in [0.717, 1.165) is 42.9 Å². The minimum atomic E-state index is -3.83. The van der Waals surface area contributed by atoms with Crippen LogP contribution in [0.5, 0.6) is 0 Å². The quantitative estimate of drug-likeness (QED) is 0.598. The van der Waals surface area contributed by atoms with E-state index in [1.165, 1.54) is 10.5 Å². The van der Waals surface area contributed by atoms with Gasteiger partial charge in [0.15, 0.2) is 0 Å². The number of aryl methyl sites for hydroxylation is 1. The van der Waals surface area contributed by atoms with Crippen LogP contribution in [0, 0.1) is 5.82 Å². The van der Waals surface area contributed by atoms with Gasteiger partial charge in [0.05, 0.1) is 0 Å². The lowest BCUT2D eigenvalue weighted by atomic mass is 9.95. The van der Waals surface area contributed by atoms with Gasteiger partial charge >= 0.3 is 0 Å². The van der Waals surface area contributed by atoms with Crippen molar-refractivity contribution in [1.29, 1.82) is 0 Å². The van der Waals surface area contributed by atoms with Crippen molar-refractivity contribution in [2.75, 3.05) is 64.0 Å². The monoisotopic (exact) mass is 530 g/mol. The third-order valence-corrected chi connectivity index (χ3v) is 8.71. The van der Waals surface area contributed by atoms with Crippen molar-refractivity contribution in [3.8, 4) is 0 Å². The van der Waals surface area contributed by atoms with Gasteiger partial charge in [-0.15, -0.1) is 0 Å². The van der Waals surface area contributed by atoms with E-state index >= 15 is 0 Å². The highest BCUT2D eigenvalue weighted by atomic mass is 32.2. The number of hydrogen-bond donors (Lipinski definition) is 1. The van der Waals surface area contributed by atoms with Crippen LogP contribution in [0.25, 0.3) is 0 Å². The summed E-state index contributed by atoms with van der Waals surface area (Å²) in [6, 6.07) is 10.0. The minimum Gasteiger partial charge on any atom is -0.353 e. The molecule has 3 atom stereocenters. The first-order valence-corrected chi connectivity index (χ1v) is 14.5. The molecule has 0 spiro atoms. The number of aromatic nitrogens is 1. The van der Waals surface area contributed by atoms with Crippen LogP contribution in [-0.2, 0) is 21.2 Å². The van der Waals surface area contributed by atoms with Crippen LogP contribution in [0.1, 0.15) is 35.1 Å². The van der Waals surface area contributed by atoms with E-state index in [2.05, 4.69) is 34.9 Å². The number of sulfonamides is 1. The van der Waals surface area contributed by atoms with Crippen LogP contribution in [0.15, 0.2) is 36.5 Å². The fraction of sp³-hybridized carbons (Fsp3) is 0.538. The number of likely N-dealkylation sites (tertiary alicyclic amines) is 1. The fourth-order valence-corrected chi connectivity index (χ4v) is 6.68. The summed E-state index contributed by atoms with van der Waals surface area (Å²) in [6.07, 6.45) is 3.82. The Morgan fingerprint density at radius 3 is 2.54 bits per heavy atom. The summed E-state index contributed by atoms with van der Waals surface area (Å²) in [5, 5.41) is 5.01. The van der Waals surface area contributed by atoms with Crippen molar-refractivity contribution in [1.82, 2.24) is 19.7 Å². The number of rotatable bonds is 6. The van der Waals surface area contributed by atoms with Gasteiger partial charge in [-0.2, -0.15) is 0 Å². The molecule has 2 fully saturated rings. The number of benzene rings is 1. The average molecular weight is 531 g/mol. The van der Waals surface area contributed by atoms with E-state index in [4.69, 9.17) is 10.1 Å². The van der Waals surface area contributed by atoms with Crippen molar-refractivity contribution in [3.63, 3.8) is 0 Å². The standard InChI is InChI=1S/C26H35FN6O3S/c1-30(2)23-16-33(22-8-6-18-4-3-5-21(27)26(18)22)15-20(23)19-7-9-24(29-14-19)31-10-12-32(13-11-31)25(34)17-37(28,35)36/h3-5,7,9,14,20,22-23H,6,8,10-13,15-17H2,1-2H3,(H2,28,35,36)/t20-,22?,23+/m0/s1. The van der Waals surface area contributed by atoms with Crippen LogP contribution in [0.3, 0.4) is 0 Å². The van der Waals surface area contributed by atoms with E-state index in [-0.39, 0.29) is 17.8 Å². The molecule has 0 saturated carbocycles. The van der Waals surface area contributed by atoms with Crippen molar-refractivity contribution < 1.29 is 17.6 Å². The van der Waals surface area contributed by atoms with E-state index < -0.39 is 21.7 Å². The molecule has 1 unspecified atom stereocenters. The molecular weight excluding hydrogens is 495 g/mol. The van der Waals surface area contributed by atoms with Crippen LogP contribution in [-0.4, -0.2) is 99.2 Å². The van der Waals surface area contributed by atoms with Crippen molar-refractivity contribution in [2.24, 2.45) is 5.14 Å². The fourth-order valence-electron chi connectivity index (χ4n) is 6.15. The van der Waals surface area contributed by atoms with Crippen LogP contribution >= 0.6 is 0 Å². The molecule has 3 aliphatic rings. The molecule has 5 rings (SSSR count). The summed E-state index contributed by atoms with van der Waals surface area (Å²) in [6.45, 7) is 3.74. The van der Waals surface area contributed by atoms with Gasteiger partial charge in [-0.25, -0.2) is 22.9 Å². The van der Waals surface area contributed by atoms with Crippen molar-refractivity contribution >= 4 is 21.7 Å². The zero-order valence-corrected chi connectivity index (χ0v) is 22.2. The van der Waals surface area contributed by atoms with E-state index in [9.17, 15) is 17.6 Å². The molecule has 1 aromatic heterocycles. The van der Waals surface area contributed by atoms with Gasteiger partial charge in [-0.05, 0) is 50.2 Å². The average Bonchev–Trinajstić information content (AvgIpc) is 3.49. The Morgan fingerprint density at radius 1 is 1.14 bits per heavy atom. The summed E-state index contributed by atoms with van der Waals surface area (Å²) < 4.78 is 37.2. The maximum absolute atomic E-state index is 14.7. The van der Waals surface area contributed by atoms with Crippen LogP contribution < -0.4 is 10.0 Å². The van der Waals surface area contributed by atoms with Gasteiger partial charge in [-0.1, -0.05) is 18.2 Å². The van der Waals surface area contributed by atoms with Gasteiger partial charge in [0.25, 0.3) is 0 Å². The Morgan fingerprint density at radius 2 is 1.89 bits per heavy atom. The number of halogens is 1. The van der Waals surface area contributed by atoms with Crippen molar-refractivity contribution in [3.05, 3.63) is 59.0 Å². The number of piperazine rings is 1. The number of carbonyl (C=O) groups excluding carboxylic acids is 1. The highest BCUT2D eigenvalue weighted by molar-refractivity contribution is 7.89. The Labute approximate surface area is 218 Å². The third-order valence-electron chi connectivity index (χ3n) is 8.06. The van der Waals surface area contributed by atoms with E-state index in [0.29, 0.717) is 32.2 Å². The molecule has 1 amide bonds. The largest absolute Gasteiger partial charge is 0.353 e. The lowest BCUT2D eigenvalue weighted by molar-refractivity contribution is -0.128. The second kappa shape index (κ2) is 10.3. The number of likely N-dealkylation sites (N-methyl/N-ethyl adjacent to an activating group) is 1. The first-order valence-electron chi connectivity index (χ1n) is 12.8. The zero-order chi connectivity index (χ0) is 26.3. The second-order valence-corrected chi connectivity index (χ2v) is 12.2. The predicted octanol–water partition coefficient (Wildman–Crippen LogP) is 1.17. The number of fused-ring (bicyclic) bond motifs is 1. The lowest BCUT2D eigenvalue weighted by Gasteiger charge is -2.35. The molecule has 11 heteroatoms. The molecule has 3 heterocycles. The number of anilines is 1. The number of nitrogens with zero attached hydrogens (tertiary/aromatic N) is 5. The lowest BCUT2D eigenvalue weighted by Crippen LogP contribution is -2.50. The highest BCUT2D eigenvalue weighted by Gasteiger charge is 2.41. The van der Waals surface area contributed by atoms with E-state index in [1.807, 2.05) is 24.4 Å². The molecule has 0 bridgehead atoms. The van der Waals surface area contributed by atoms with Gasteiger partial charge in [0, 0.05) is 69.0 Å². The number of carbonyl (C=O) groups is 1. The number of primary sulfonamides is 1. The van der Waals surface area contributed by atoms with Gasteiger partial charge in [0.1, 0.15) is 17.4 Å². The summed E-state index contributed by atoms with van der Waals surface area (Å²) >= 11 is 0. The molecule has 200 valence electrons. The third kappa shape index (κ3) is 5.50. The smallest absolute Gasteiger partial charge is 0.239 e. The topological polar surface area (TPSA) is 103 Å². The Hall–Kier alpha value is -2.60. The molecule has 9 nitrogen and oxygen atoms in total. The Kier molecular flexibility index (Phi) is 7.23. The normalized spacial score (nSPS) is 24.6. The van der Waals surface area contributed by atoms with E-state index in [1.54, 1.807) is 6.07 Å². The molecule has 2 N–H and O–H groups in total. The van der Waals surface area contributed by atoms with Crippen LogP contribution in [0.4, 0.5) is 10.2 Å². The molecule has 2 aliphatic heterocycles. The molecule has 1 aromatic carbocycles. The zero-order valence-electron chi connectivity index (χ0n) is 21.4.